The lowest BCUT2D eigenvalue weighted by Crippen LogP contribution is -2.30. The van der Waals surface area contributed by atoms with E-state index in [1.54, 1.807) is 6.20 Å². The molecule has 0 spiro atoms. The van der Waals surface area contributed by atoms with Crippen LogP contribution in [-0.2, 0) is 16.1 Å². The van der Waals surface area contributed by atoms with Crippen LogP contribution in [0, 0.1) is 5.92 Å². The van der Waals surface area contributed by atoms with Crippen LogP contribution in [0.15, 0.2) is 36.5 Å². The molecule has 0 saturated carbocycles. The van der Waals surface area contributed by atoms with Crippen molar-refractivity contribution in [3.63, 3.8) is 0 Å². The monoisotopic (exact) mass is 298 g/mol. The van der Waals surface area contributed by atoms with Crippen LogP contribution >= 0.6 is 0 Å². The van der Waals surface area contributed by atoms with Crippen molar-refractivity contribution in [1.82, 2.24) is 9.88 Å². The molecule has 1 unspecified atom stereocenters. The van der Waals surface area contributed by atoms with E-state index < -0.39 is 0 Å². The van der Waals surface area contributed by atoms with Gasteiger partial charge in [0, 0.05) is 44.8 Å². The lowest BCUT2D eigenvalue weighted by atomic mass is 9.98. The zero-order chi connectivity index (χ0) is 15.4. The quantitative estimate of drug-likeness (QED) is 0.871. The highest BCUT2D eigenvalue weighted by Gasteiger charge is 2.19. The fraction of sp³-hybridized carbons (Fsp3) is 0.444. The van der Waals surface area contributed by atoms with E-state index in [-0.39, 0.29) is 5.91 Å². The van der Waals surface area contributed by atoms with E-state index in [1.807, 2.05) is 36.2 Å². The zero-order valence-electron chi connectivity index (χ0n) is 13.0. The number of pyridine rings is 1. The average molecular weight is 298 g/mol. The molecule has 1 amide bonds. The van der Waals surface area contributed by atoms with Crippen molar-refractivity contribution >= 4 is 16.8 Å². The third kappa shape index (κ3) is 3.63. The third-order valence-corrected chi connectivity index (χ3v) is 4.23. The number of rotatable bonds is 4. The van der Waals surface area contributed by atoms with Crippen molar-refractivity contribution in [2.24, 2.45) is 5.92 Å². The van der Waals surface area contributed by atoms with Crippen molar-refractivity contribution in [2.75, 3.05) is 20.3 Å². The topological polar surface area (TPSA) is 42.4 Å². The molecule has 1 aromatic carbocycles. The van der Waals surface area contributed by atoms with Crippen LogP contribution in [0.2, 0.25) is 0 Å². The van der Waals surface area contributed by atoms with Gasteiger partial charge in [-0.3, -0.25) is 9.78 Å². The second-order valence-electron chi connectivity index (χ2n) is 6.07. The summed E-state index contributed by atoms with van der Waals surface area (Å²) in [6.45, 7) is 2.20. The van der Waals surface area contributed by atoms with Gasteiger partial charge in [-0.1, -0.05) is 12.1 Å². The summed E-state index contributed by atoms with van der Waals surface area (Å²) in [5.41, 5.74) is 2.12. The number of nitrogens with zero attached hydrogens (tertiary/aromatic N) is 2. The molecule has 1 aromatic heterocycles. The van der Waals surface area contributed by atoms with Gasteiger partial charge in [0.15, 0.2) is 0 Å². The number of carbonyl (C=O) groups is 1. The number of hydrogen-bond donors (Lipinski definition) is 0. The first-order valence-electron chi connectivity index (χ1n) is 7.88. The largest absolute Gasteiger partial charge is 0.381 e. The Morgan fingerprint density at radius 2 is 2.32 bits per heavy atom. The summed E-state index contributed by atoms with van der Waals surface area (Å²) in [5, 5.41) is 1.11. The minimum Gasteiger partial charge on any atom is -0.381 e. The van der Waals surface area contributed by atoms with E-state index in [1.165, 1.54) is 0 Å². The number of benzene rings is 1. The summed E-state index contributed by atoms with van der Waals surface area (Å²) in [7, 11) is 1.87. The average Bonchev–Trinajstić information content (AvgIpc) is 2.55. The zero-order valence-corrected chi connectivity index (χ0v) is 13.0. The molecule has 2 heterocycles. The lowest BCUT2D eigenvalue weighted by molar-refractivity contribution is -0.132. The Balaban J connectivity index is 1.61. The Labute approximate surface area is 131 Å². The summed E-state index contributed by atoms with van der Waals surface area (Å²) in [5.74, 6) is 0.575. The van der Waals surface area contributed by atoms with Crippen molar-refractivity contribution in [2.45, 2.75) is 25.8 Å². The fourth-order valence-corrected chi connectivity index (χ4v) is 2.96. The number of carbonyl (C=O) groups excluding carboxylic acids is 1. The normalized spacial score (nSPS) is 18.3. The predicted octanol–water partition coefficient (Wildman–Crippen LogP) is 3.01. The molecule has 1 aliphatic rings. The number of amides is 1. The number of hydrogen-bond acceptors (Lipinski definition) is 3. The summed E-state index contributed by atoms with van der Waals surface area (Å²) >= 11 is 0. The predicted molar refractivity (Wildman–Crippen MR) is 86.4 cm³/mol. The van der Waals surface area contributed by atoms with Gasteiger partial charge in [0.05, 0.1) is 5.52 Å². The van der Waals surface area contributed by atoms with Gasteiger partial charge in [-0.25, -0.2) is 0 Å². The van der Waals surface area contributed by atoms with Gasteiger partial charge in [0.2, 0.25) is 5.91 Å². The van der Waals surface area contributed by atoms with Gasteiger partial charge in [-0.15, -0.1) is 0 Å². The van der Waals surface area contributed by atoms with Gasteiger partial charge in [0.25, 0.3) is 0 Å². The molecule has 3 rings (SSSR count). The molecular weight excluding hydrogens is 276 g/mol. The maximum Gasteiger partial charge on any atom is 0.222 e. The minimum atomic E-state index is 0.196. The summed E-state index contributed by atoms with van der Waals surface area (Å²) in [6.07, 6.45) is 4.55. The molecule has 116 valence electrons. The van der Waals surface area contributed by atoms with E-state index in [9.17, 15) is 4.79 Å². The maximum atomic E-state index is 12.3. The number of fused-ring (bicyclic) bond motifs is 1. The fourth-order valence-electron chi connectivity index (χ4n) is 2.96. The van der Waals surface area contributed by atoms with E-state index in [0.717, 1.165) is 42.5 Å². The molecule has 4 heteroatoms. The van der Waals surface area contributed by atoms with Crippen LogP contribution in [0.25, 0.3) is 10.9 Å². The van der Waals surface area contributed by atoms with E-state index in [0.29, 0.717) is 18.9 Å². The molecular formula is C18H22N2O2. The molecule has 0 radical (unpaired) electrons. The number of ether oxygens (including phenoxy) is 1. The van der Waals surface area contributed by atoms with Crippen LogP contribution in [0.1, 0.15) is 24.8 Å². The highest BCUT2D eigenvalue weighted by Crippen LogP contribution is 2.19. The molecule has 1 fully saturated rings. The molecule has 1 saturated heterocycles. The summed E-state index contributed by atoms with van der Waals surface area (Å²) in [6, 6.07) is 10.1. The van der Waals surface area contributed by atoms with E-state index in [2.05, 4.69) is 11.1 Å². The Kier molecular flexibility index (Phi) is 4.68. The summed E-state index contributed by atoms with van der Waals surface area (Å²) < 4.78 is 5.45. The van der Waals surface area contributed by atoms with Crippen molar-refractivity contribution in [1.29, 1.82) is 0 Å². The first-order valence-corrected chi connectivity index (χ1v) is 7.88. The van der Waals surface area contributed by atoms with E-state index in [4.69, 9.17) is 4.74 Å². The molecule has 1 aliphatic heterocycles. The molecule has 2 aromatic rings. The van der Waals surface area contributed by atoms with Crippen LogP contribution < -0.4 is 0 Å². The van der Waals surface area contributed by atoms with Gasteiger partial charge >= 0.3 is 0 Å². The summed E-state index contributed by atoms with van der Waals surface area (Å²) in [4.78, 5) is 18.5. The smallest absolute Gasteiger partial charge is 0.222 e. The SMILES string of the molecule is CN(Cc1ccc2ncccc2c1)C(=O)CC1CCCOC1. The standard InChI is InChI=1S/C18H22N2O2/c1-20(18(21)11-15-4-3-9-22-13-15)12-14-6-7-17-16(10-14)5-2-8-19-17/h2,5-8,10,15H,3-4,9,11-13H2,1H3. The van der Waals surface area contributed by atoms with Gasteiger partial charge < -0.3 is 9.64 Å². The molecule has 22 heavy (non-hydrogen) atoms. The second-order valence-corrected chi connectivity index (χ2v) is 6.07. The van der Waals surface area contributed by atoms with Crippen molar-refractivity contribution in [3.05, 3.63) is 42.1 Å². The van der Waals surface area contributed by atoms with Crippen LogP contribution in [0.5, 0.6) is 0 Å². The minimum absolute atomic E-state index is 0.196. The van der Waals surface area contributed by atoms with E-state index >= 15 is 0 Å². The Morgan fingerprint density at radius 1 is 1.41 bits per heavy atom. The van der Waals surface area contributed by atoms with Crippen molar-refractivity contribution < 1.29 is 9.53 Å². The van der Waals surface area contributed by atoms with Crippen LogP contribution in [-0.4, -0.2) is 36.1 Å². The van der Waals surface area contributed by atoms with Crippen LogP contribution in [0.3, 0.4) is 0 Å². The molecule has 0 bridgehead atoms. The van der Waals surface area contributed by atoms with Gasteiger partial charge in [-0.05, 0) is 42.5 Å². The third-order valence-electron chi connectivity index (χ3n) is 4.23. The van der Waals surface area contributed by atoms with Crippen molar-refractivity contribution in [3.8, 4) is 0 Å². The highest BCUT2D eigenvalue weighted by molar-refractivity contribution is 5.79. The second kappa shape index (κ2) is 6.88. The highest BCUT2D eigenvalue weighted by atomic mass is 16.5. The molecule has 0 N–H and O–H groups in total. The number of aromatic nitrogens is 1. The molecule has 4 nitrogen and oxygen atoms in total. The maximum absolute atomic E-state index is 12.3. The first kappa shape index (κ1) is 15.0. The van der Waals surface area contributed by atoms with Crippen LogP contribution in [0.4, 0.5) is 0 Å². The Bertz CT molecular complexity index is 650. The molecule has 1 atom stereocenters. The Morgan fingerprint density at radius 3 is 3.14 bits per heavy atom. The molecule has 0 aliphatic carbocycles. The first-order chi connectivity index (χ1) is 10.7. The Hall–Kier alpha value is -1.94. The van der Waals surface area contributed by atoms with Gasteiger partial charge in [-0.2, -0.15) is 0 Å². The lowest BCUT2D eigenvalue weighted by Gasteiger charge is -2.24. The van der Waals surface area contributed by atoms with Gasteiger partial charge in [0.1, 0.15) is 0 Å².